The van der Waals surface area contributed by atoms with Gasteiger partial charge in [-0.05, 0) is 28.3 Å². The molecule has 5 rings (SSSR count). The zero-order valence-corrected chi connectivity index (χ0v) is 19.3. The van der Waals surface area contributed by atoms with Crippen molar-refractivity contribution >= 4 is 11.8 Å². The molecular formula is C24H26N8O2. The van der Waals surface area contributed by atoms with Crippen LogP contribution in [0, 0.1) is 0 Å². The maximum Gasteiger partial charge on any atom is 0.329 e. The molecule has 1 aromatic heterocycles. The van der Waals surface area contributed by atoms with E-state index in [1.165, 1.54) is 7.11 Å². The van der Waals surface area contributed by atoms with Gasteiger partial charge in [-0.3, -0.25) is 5.43 Å². The SMILES string of the molecule is CCC1=NC2=C(CC)C(C(=O)OC)N(Cc3ccc(-c4ccccc4-c4nn[nH]n4)cc3)N2N1. The fourth-order valence-corrected chi connectivity index (χ4v) is 4.42. The summed E-state index contributed by atoms with van der Waals surface area (Å²) in [5.74, 6) is 1.93. The first kappa shape index (κ1) is 21.8. The molecule has 3 aromatic rings. The number of rotatable bonds is 7. The predicted octanol–water partition coefficient (Wildman–Crippen LogP) is 3.06. The Morgan fingerprint density at radius 2 is 1.82 bits per heavy atom. The van der Waals surface area contributed by atoms with Gasteiger partial charge in [-0.15, -0.1) is 10.2 Å². The number of hydrazine groups is 2. The van der Waals surface area contributed by atoms with Crippen LogP contribution in [0.2, 0.25) is 0 Å². The minimum absolute atomic E-state index is 0.292. The van der Waals surface area contributed by atoms with E-state index in [1.54, 1.807) is 0 Å². The smallest absolute Gasteiger partial charge is 0.329 e. The van der Waals surface area contributed by atoms with Crippen LogP contribution in [0.5, 0.6) is 0 Å². The molecule has 0 fully saturated rings. The fraction of sp³-hybridized carbons (Fsp3) is 0.292. The van der Waals surface area contributed by atoms with Crippen molar-refractivity contribution in [1.29, 1.82) is 0 Å². The number of hydrogen-bond donors (Lipinski definition) is 2. The molecule has 3 heterocycles. The number of carbonyl (C=O) groups excluding carboxylic acids is 1. The minimum Gasteiger partial charge on any atom is -0.468 e. The molecule has 1 unspecified atom stereocenters. The lowest BCUT2D eigenvalue weighted by Gasteiger charge is -2.31. The van der Waals surface area contributed by atoms with Gasteiger partial charge in [0.25, 0.3) is 0 Å². The van der Waals surface area contributed by atoms with E-state index in [0.717, 1.165) is 45.9 Å². The van der Waals surface area contributed by atoms with E-state index in [2.05, 4.69) is 50.3 Å². The van der Waals surface area contributed by atoms with E-state index < -0.39 is 6.04 Å². The van der Waals surface area contributed by atoms with Gasteiger partial charge < -0.3 is 4.74 Å². The summed E-state index contributed by atoms with van der Waals surface area (Å²) in [6, 6.07) is 15.7. The molecule has 0 amide bonds. The summed E-state index contributed by atoms with van der Waals surface area (Å²) in [5.41, 5.74) is 8.30. The van der Waals surface area contributed by atoms with Crippen LogP contribution in [0.15, 0.2) is 64.9 Å². The van der Waals surface area contributed by atoms with Crippen molar-refractivity contribution in [2.45, 2.75) is 39.3 Å². The van der Waals surface area contributed by atoms with E-state index in [0.29, 0.717) is 18.8 Å². The molecule has 2 aromatic carbocycles. The highest BCUT2D eigenvalue weighted by Gasteiger charge is 2.45. The van der Waals surface area contributed by atoms with E-state index in [1.807, 2.05) is 48.2 Å². The molecule has 10 heteroatoms. The molecule has 2 aliphatic heterocycles. The van der Waals surface area contributed by atoms with Crippen LogP contribution in [0.3, 0.4) is 0 Å². The summed E-state index contributed by atoms with van der Waals surface area (Å²) in [6.45, 7) is 4.60. The Labute approximate surface area is 197 Å². The van der Waals surface area contributed by atoms with Crippen LogP contribution >= 0.6 is 0 Å². The van der Waals surface area contributed by atoms with Crippen LogP contribution < -0.4 is 5.43 Å². The van der Waals surface area contributed by atoms with Crippen molar-refractivity contribution in [3.8, 4) is 22.5 Å². The lowest BCUT2D eigenvalue weighted by Crippen LogP contribution is -2.51. The van der Waals surface area contributed by atoms with Crippen molar-refractivity contribution in [3.05, 3.63) is 65.5 Å². The standard InChI is InChI=1S/C24H26N8O2/c1-4-17-21(24(33)34-3)31(32-23(17)25-20(5-2)28-32)14-15-10-12-16(13-11-15)18-8-6-7-9-19(18)22-26-29-30-27-22/h6-13,21H,4-5,14H2,1-3H3,(H,25,28)(H,26,27,29,30). The summed E-state index contributed by atoms with van der Waals surface area (Å²) in [4.78, 5) is 17.4. The summed E-state index contributed by atoms with van der Waals surface area (Å²) in [6.07, 6.45) is 1.48. The molecule has 0 saturated carbocycles. The maximum atomic E-state index is 12.7. The van der Waals surface area contributed by atoms with E-state index >= 15 is 0 Å². The van der Waals surface area contributed by atoms with Gasteiger partial charge in [-0.1, -0.05) is 62.4 Å². The number of nitrogens with one attached hydrogen (secondary N) is 2. The van der Waals surface area contributed by atoms with Gasteiger partial charge in [-0.2, -0.15) is 15.3 Å². The Morgan fingerprint density at radius 1 is 1.06 bits per heavy atom. The number of esters is 1. The molecule has 1 atom stereocenters. The first-order valence-electron chi connectivity index (χ1n) is 11.3. The lowest BCUT2D eigenvalue weighted by atomic mass is 9.98. The molecule has 0 spiro atoms. The Balaban J connectivity index is 1.43. The second-order valence-electron chi connectivity index (χ2n) is 8.04. The molecule has 2 aliphatic rings. The quantitative estimate of drug-likeness (QED) is 0.520. The number of ether oxygens (including phenoxy) is 1. The molecule has 0 saturated heterocycles. The first-order chi connectivity index (χ1) is 16.6. The first-order valence-corrected chi connectivity index (χ1v) is 11.3. The van der Waals surface area contributed by atoms with Gasteiger partial charge >= 0.3 is 5.97 Å². The van der Waals surface area contributed by atoms with Crippen LogP contribution in [-0.2, 0) is 16.1 Å². The number of fused-ring (bicyclic) bond motifs is 1. The highest BCUT2D eigenvalue weighted by Crippen LogP contribution is 2.36. The van der Waals surface area contributed by atoms with Gasteiger partial charge in [0.15, 0.2) is 11.9 Å². The zero-order chi connectivity index (χ0) is 23.7. The van der Waals surface area contributed by atoms with Gasteiger partial charge in [0.2, 0.25) is 5.82 Å². The summed E-state index contributed by atoms with van der Waals surface area (Å²) < 4.78 is 5.14. The normalized spacial score (nSPS) is 17.6. The number of nitrogens with zero attached hydrogens (tertiary/aromatic N) is 6. The van der Waals surface area contributed by atoms with Crippen molar-refractivity contribution in [2.24, 2.45) is 4.99 Å². The van der Waals surface area contributed by atoms with Gasteiger partial charge in [0.1, 0.15) is 5.84 Å². The van der Waals surface area contributed by atoms with Crippen LogP contribution in [0.1, 0.15) is 32.3 Å². The number of aliphatic imine (C=N–C) groups is 1. The minimum atomic E-state index is -0.515. The van der Waals surface area contributed by atoms with Crippen molar-refractivity contribution in [3.63, 3.8) is 0 Å². The third-order valence-corrected chi connectivity index (χ3v) is 6.11. The third kappa shape index (κ3) is 3.71. The molecule has 0 bridgehead atoms. The molecule has 0 aliphatic carbocycles. The number of tetrazole rings is 1. The van der Waals surface area contributed by atoms with Crippen molar-refractivity contribution in [2.75, 3.05) is 7.11 Å². The molecule has 174 valence electrons. The van der Waals surface area contributed by atoms with E-state index in [4.69, 9.17) is 9.73 Å². The Bertz CT molecular complexity index is 1250. The molecule has 10 nitrogen and oxygen atoms in total. The number of carbonyl (C=O) groups is 1. The van der Waals surface area contributed by atoms with Crippen molar-refractivity contribution < 1.29 is 9.53 Å². The summed E-state index contributed by atoms with van der Waals surface area (Å²) in [5, 5.41) is 18.3. The second kappa shape index (κ2) is 9.06. The molecule has 34 heavy (non-hydrogen) atoms. The number of amidine groups is 1. The maximum absolute atomic E-state index is 12.7. The van der Waals surface area contributed by atoms with Crippen LogP contribution in [0.25, 0.3) is 22.5 Å². The van der Waals surface area contributed by atoms with Gasteiger partial charge in [-0.25, -0.2) is 9.79 Å². The highest BCUT2D eigenvalue weighted by molar-refractivity contribution is 5.86. The second-order valence-corrected chi connectivity index (χ2v) is 8.04. The molecule has 0 radical (unpaired) electrons. The van der Waals surface area contributed by atoms with Crippen molar-refractivity contribution in [1.82, 2.24) is 36.2 Å². The zero-order valence-electron chi connectivity index (χ0n) is 19.3. The number of aromatic nitrogens is 4. The number of benzene rings is 2. The number of methoxy groups -OCH3 is 1. The van der Waals surface area contributed by atoms with Gasteiger partial charge in [0.05, 0.1) is 7.11 Å². The van der Waals surface area contributed by atoms with E-state index in [-0.39, 0.29) is 5.97 Å². The molecule has 2 N–H and O–H groups in total. The highest BCUT2D eigenvalue weighted by atomic mass is 16.5. The van der Waals surface area contributed by atoms with E-state index in [9.17, 15) is 4.79 Å². The largest absolute Gasteiger partial charge is 0.468 e. The summed E-state index contributed by atoms with van der Waals surface area (Å²) >= 11 is 0. The Kier molecular flexibility index (Phi) is 5.81. The Hall–Kier alpha value is -4.05. The summed E-state index contributed by atoms with van der Waals surface area (Å²) in [7, 11) is 1.42. The number of H-pyrrole nitrogens is 1. The third-order valence-electron chi connectivity index (χ3n) is 6.11. The predicted molar refractivity (Wildman–Crippen MR) is 126 cm³/mol. The number of hydrogen-bond acceptors (Lipinski definition) is 9. The number of aromatic amines is 1. The van der Waals surface area contributed by atoms with Gasteiger partial charge in [0, 0.05) is 24.1 Å². The van der Waals surface area contributed by atoms with Crippen LogP contribution in [-0.4, -0.2) is 55.7 Å². The Morgan fingerprint density at radius 3 is 2.47 bits per heavy atom. The topological polar surface area (TPSA) is 112 Å². The lowest BCUT2D eigenvalue weighted by molar-refractivity contribution is -0.151. The monoisotopic (exact) mass is 458 g/mol. The average molecular weight is 459 g/mol. The molecular weight excluding hydrogens is 432 g/mol. The average Bonchev–Trinajstić information content (AvgIpc) is 3.61. The fourth-order valence-electron chi connectivity index (χ4n) is 4.42. The van der Waals surface area contributed by atoms with Crippen LogP contribution in [0.4, 0.5) is 0 Å².